The quantitative estimate of drug-likeness (QED) is 0.925. The maximum absolute atomic E-state index is 6.09. The molecule has 4 nitrogen and oxygen atoms in total. The van der Waals surface area contributed by atoms with E-state index in [0.29, 0.717) is 11.7 Å². The summed E-state index contributed by atoms with van der Waals surface area (Å²) in [7, 11) is 0. The second-order valence-corrected chi connectivity index (χ2v) is 6.25. The predicted octanol–water partition coefficient (Wildman–Crippen LogP) is 4.02. The van der Waals surface area contributed by atoms with Gasteiger partial charge < -0.3 is 10.5 Å². The summed E-state index contributed by atoms with van der Waals surface area (Å²) < 4.78 is 6.09. The van der Waals surface area contributed by atoms with Gasteiger partial charge in [-0.2, -0.15) is 0 Å². The number of benzene rings is 1. The summed E-state index contributed by atoms with van der Waals surface area (Å²) in [5, 5.41) is 0. The minimum atomic E-state index is -0.00597. The highest BCUT2D eigenvalue weighted by Crippen LogP contribution is 2.35. The minimum Gasteiger partial charge on any atom is -0.438 e. The molecule has 112 valence electrons. The number of aryl methyl sites for hydroxylation is 1. The topological polar surface area (TPSA) is 61.0 Å². The molecule has 0 unspecified atom stereocenters. The van der Waals surface area contributed by atoms with E-state index in [0.717, 1.165) is 28.9 Å². The highest BCUT2D eigenvalue weighted by molar-refractivity contribution is 5.48. The van der Waals surface area contributed by atoms with Gasteiger partial charge in [0.2, 0.25) is 5.88 Å². The highest BCUT2D eigenvalue weighted by Gasteiger charge is 2.20. The third-order valence-corrected chi connectivity index (χ3v) is 3.44. The van der Waals surface area contributed by atoms with Crippen LogP contribution in [-0.4, -0.2) is 9.97 Å². The van der Waals surface area contributed by atoms with E-state index in [4.69, 9.17) is 10.5 Å². The summed E-state index contributed by atoms with van der Waals surface area (Å²) >= 11 is 0. The highest BCUT2D eigenvalue weighted by atomic mass is 16.5. The summed E-state index contributed by atoms with van der Waals surface area (Å²) in [5.41, 5.74) is 9.05. The Labute approximate surface area is 126 Å². The Kier molecular flexibility index (Phi) is 4.16. The molecule has 1 heterocycles. The van der Waals surface area contributed by atoms with Crippen LogP contribution in [0.15, 0.2) is 24.5 Å². The smallest absolute Gasteiger partial charge is 0.227 e. The number of aromatic nitrogens is 2. The summed E-state index contributed by atoms with van der Waals surface area (Å²) in [6.45, 7) is 10.6. The van der Waals surface area contributed by atoms with Crippen molar-refractivity contribution in [1.29, 1.82) is 0 Å². The second kappa shape index (κ2) is 5.72. The van der Waals surface area contributed by atoms with Crippen molar-refractivity contribution < 1.29 is 4.74 Å². The van der Waals surface area contributed by atoms with E-state index in [2.05, 4.69) is 42.9 Å². The fourth-order valence-electron chi connectivity index (χ4n) is 2.27. The van der Waals surface area contributed by atoms with Gasteiger partial charge in [-0.05, 0) is 30.4 Å². The van der Waals surface area contributed by atoms with Crippen molar-refractivity contribution in [3.8, 4) is 11.6 Å². The lowest BCUT2D eigenvalue weighted by Crippen LogP contribution is -2.13. The molecule has 0 radical (unpaired) electrons. The number of hydrogen-bond acceptors (Lipinski definition) is 4. The summed E-state index contributed by atoms with van der Waals surface area (Å²) in [6, 6.07) is 6.25. The molecular formula is C17H23N3O. The molecule has 0 atom stereocenters. The van der Waals surface area contributed by atoms with Gasteiger partial charge in [0.05, 0.1) is 5.56 Å². The van der Waals surface area contributed by atoms with Crippen molar-refractivity contribution in [2.45, 2.75) is 46.5 Å². The van der Waals surface area contributed by atoms with E-state index < -0.39 is 0 Å². The molecule has 21 heavy (non-hydrogen) atoms. The number of anilines is 1. The summed E-state index contributed by atoms with van der Waals surface area (Å²) in [5.74, 6) is 1.85. The first-order chi connectivity index (χ1) is 9.82. The standard InChI is InChI=1S/C17H23N3O/c1-6-12-15(18)19-10-20-16(12)21-14-9-11(2)7-8-13(14)17(3,4)5/h7-10H,6H2,1-5H3,(H2,18,19,20). The minimum absolute atomic E-state index is 0.00597. The van der Waals surface area contributed by atoms with Gasteiger partial charge in [0.25, 0.3) is 0 Å². The number of nitrogen functional groups attached to an aromatic ring is 1. The van der Waals surface area contributed by atoms with E-state index in [1.54, 1.807) is 0 Å². The lowest BCUT2D eigenvalue weighted by Gasteiger charge is -2.23. The molecule has 0 bridgehead atoms. The average molecular weight is 285 g/mol. The zero-order valence-electron chi connectivity index (χ0n) is 13.4. The molecule has 0 aliphatic carbocycles. The van der Waals surface area contributed by atoms with E-state index in [1.807, 2.05) is 19.9 Å². The number of rotatable bonds is 3. The van der Waals surface area contributed by atoms with Gasteiger partial charge in [-0.25, -0.2) is 9.97 Å². The van der Waals surface area contributed by atoms with Crippen molar-refractivity contribution in [3.05, 3.63) is 41.2 Å². The zero-order valence-corrected chi connectivity index (χ0v) is 13.4. The first-order valence-corrected chi connectivity index (χ1v) is 7.21. The second-order valence-electron chi connectivity index (χ2n) is 6.25. The van der Waals surface area contributed by atoms with Gasteiger partial charge in [0, 0.05) is 5.56 Å². The van der Waals surface area contributed by atoms with E-state index in [1.165, 1.54) is 6.33 Å². The SMILES string of the molecule is CCc1c(N)ncnc1Oc1cc(C)ccc1C(C)(C)C. The van der Waals surface area contributed by atoms with Gasteiger partial charge in [-0.1, -0.05) is 39.8 Å². The molecule has 2 N–H and O–H groups in total. The molecule has 4 heteroatoms. The zero-order chi connectivity index (χ0) is 15.6. The third-order valence-electron chi connectivity index (χ3n) is 3.44. The van der Waals surface area contributed by atoms with Crippen LogP contribution in [0, 0.1) is 6.92 Å². The first-order valence-electron chi connectivity index (χ1n) is 7.21. The number of nitrogens with zero attached hydrogens (tertiary/aromatic N) is 2. The Balaban J connectivity index is 2.49. The van der Waals surface area contributed by atoms with Crippen molar-refractivity contribution in [3.63, 3.8) is 0 Å². The molecule has 0 aliphatic rings. The number of nitrogens with two attached hydrogens (primary N) is 1. The molecule has 0 saturated heterocycles. The predicted molar refractivity (Wildman–Crippen MR) is 85.8 cm³/mol. The number of ether oxygens (including phenoxy) is 1. The van der Waals surface area contributed by atoms with Crippen LogP contribution in [0.25, 0.3) is 0 Å². The molecule has 1 aromatic carbocycles. The maximum Gasteiger partial charge on any atom is 0.227 e. The van der Waals surface area contributed by atoms with E-state index in [9.17, 15) is 0 Å². The van der Waals surface area contributed by atoms with Crippen LogP contribution in [0.2, 0.25) is 0 Å². The molecule has 0 spiro atoms. The van der Waals surface area contributed by atoms with Crippen molar-refractivity contribution in [2.24, 2.45) is 0 Å². The molecule has 2 aromatic rings. The Hall–Kier alpha value is -2.10. The van der Waals surface area contributed by atoms with Crippen molar-refractivity contribution in [2.75, 3.05) is 5.73 Å². The lowest BCUT2D eigenvalue weighted by atomic mass is 9.86. The van der Waals surface area contributed by atoms with Gasteiger partial charge in [0.1, 0.15) is 17.9 Å². The van der Waals surface area contributed by atoms with E-state index in [-0.39, 0.29) is 5.41 Å². The Morgan fingerprint density at radius 1 is 1.19 bits per heavy atom. The van der Waals surface area contributed by atoms with E-state index >= 15 is 0 Å². The van der Waals surface area contributed by atoms with Crippen molar-refractivity contribution in [1.82, 2.24) is 9.97 Å². The average Bonchev–Trinajstić information content (AvgIpc) is 2.37. The van der Waals surface area contributed by atoms with Gasteiger partial charge in [-0.3, -0.25) is 0 Å². The van der Waals surface area contributed by atoms with Crippen LogP contribution >= 0.6 is 0 Å². The first kappa shape index (κ1) is 15.3. The van der Waals surface area contributed by atoms with Crippen LogP contribution in [0.3, 0.4) is 0 Å². The largest absolute Gasteiger partial charge is 0.438 e. The molecular weight excluding hydrogens is 262 g/mol. The molecule has 1 aromatic heterocycles. The van der Waals surface area contributed by atoms with Crippen LogP contribution in [-0.2, 0) is 11.8 Å². The van der Waals surface area contributed by atoms with Crippen LogP contribution < -0.4 is 10.5 Å². The molecule has 0 saturated carbocycles. The fraction of sp³-hybridized carbons (Fsp3) is 0.412. The number of hydrogen-bond donors (Lipinski definition) is 1. The van der Waals surface area contributed by atoms with Gasteiger partial charge >= 0.3 is 0 Å². The monoisotopic (exact) mass is 285 g/mol. The Morgan fingerprint density at radius 3 is 2.52 bits per heavy atom. The normalized spacial score (nSPS) is 11.5. The summed E-state index contributed by atoms with van der Waals surface area (Å²) in [4.78, 5) is 8.27. The molecule has 0 amide bonds. The molecule has 0 fully saturated rings. The Morgan fingerprint density at radius 2 is 1.90 bits per heavy atom. The summed E-state index contributed by atoms with van der Waals surface area (Å²) in [6.07, 6.45) is 2.18. The molecule has 0 aliphatic heterocycles. The van der Waals surface area contributed by atoms with Crippen LogP contribution in [0.4, 0.5) is 5.82 Å². The van der Waals surface area contributed by atoms with Crippen molar-refractivity contribution >= 4 is 5.82 Å². The van der Waals surface area contributed by atoms with Gasteiger partial charge in [-0.15, -0.1) is 0 Å². The maximum atomic E-state index is 6.09. The lowest BCUT2D eigenvalue weighted by molar-refractivity contribution is 0.434. The van der Waals surface area contributed by atoms with Gasteiger partial charge in [0.15, 0.2) is 0 Å². The molecule has 2 rings (SSSR count). The third kappa shape index (κ3) is 3.32. The van der Waals surface area contributed by atoms with Crippen LogP contribution in [0.5, 0.6) is 11.6 Å². The van der Waals surface area contributed by atoms with Crippen LogP contribution in [0.1, 0.15) is 44.4 Å². The fourth-order valence-corrected chi connectivity index (χ4v) is 2.27. The Bertz CT molecular complexity index is 645.